The Bertz CT molecular complexity index is 485. The smallest absolute Gasteiger partial charge is 0.224 e. The van der Waals surface area contributed by atoms with Gasteiger partial charge in [-0.25, -0.2) is 0 Å². The predicted molar refractivity (Wildman–Crippen MR) is 80.3 cm³/mol. The van der Waals surface area contributed by atoms with Gasteiger partial charge < -0.3 is 16.4 Å². The summed E-state index contributed by atoms with van der Waals surface area (Å²) in [5, 5.41) is 6.35. The molecular formula is C15H23N3O. The van der Waals surface area contributed by atoms with Crippen LogP contribution in [0.25, 0.3) is 0 Å². The summed E-state index contributed by atoms with van der Waals surface area (Å²) in [7, 11) is 0. The zero-order valence-corrected chi connectivity index (χ0v) is 11.9. The SMILES string of the molecule is CCC(C)C(C)Nc1cc2c(cc1N)NC(=O)CC2. The molecular weight excluding hydrogens is 238 g/mol. The summed E-state index contributed by atoms with van der Waals surface area (Å²) in [4.78, 5) is 11.4. The Labute approximate surface area is 114 Å². The van der Waals surface area contributed by atoms with Gasteiger partial charge in [-0.1, -0.05) is 20.3 Å². The zero-order valence-electron chi connectivity index (χ0n) is 11.9. The highest BCUT2D eigenvalue weighted by atomic mass is 16.1. The van der Waals surface area contributed by atoms with Crippen LogP contribution in [-0.2, 0) is 11.2 Å². The van der Waals surface area contributed by atoms with Crippen molar-refractivity contribution in [2.75, 3.05) is 16.4 Å². The summed E-state index contributed by atoms with van der Waals surface area (Å²) in [5.74, 6) is 0.663. The van der Waals surface area contributed by atoms with Crippen LogP contribution >= 0.6 is 0 Å². The Morgan fingerprint density at radius 3 is 2.79 bits per heavy atom. The van der Waals surface area contributed by atoms with Crippen molar-refractivity contribution >= 4 is 23.0 Å². The Kier molecular flexibility index (Phi) is 3.98. The van der Waals surface area contributed by atoms with Gasteiger partial charge in [0.2, 0.25) is 5.91 Å². The molecule has 0 spiro atoms. The Morgan fingerprint density at radius 2 is 2.11 bits per heavy atom. The molecule has 2 atom stereocenters. The number of nitrogens with one attached hydrogen (secondary N) is 2. The first-order valence-corrected chi connectivity index (χ1v) is 7.00. The van der Waals surface area contributed by atoms with Gasteiger partial charge in [0, 0.05) is 18.2 Å². The van der Waals surface area contributed by atoms with E-state index in [0.717, 1.165) is 29.8 Å². The number of anilines is 3. The molecule has 19 heavy (non-hydrogen) atoms. The number of amides is 1. The van der Waals surface area contributed by atoms with E-state index in [4.69, 9.17) is 5.73 Å². The van der Waals surface area contributed by atoms with Gasteiger partial charge in [0.25, 0.3) is 0 Å². The largest absolute Gasteiger partial charge is 0.397 e. The van der Waals surface area contributed by atoms with Crippen LogP contribution in [0.15, 0.2) is 12.1 Å². The standard InChI is InChI=1S/C15H23N3O/c1-4-9(2)10(3)17-14-7-11-5-6-15(19)18-13(11)8-12(14)16/h7-10,17H,4-6,16H2,1-3H3,(H,18,19). The molecule has 4 N–H and O–H groups in total. The molecule has 0 saturated carbocycles. The molecule has 1 amide bonds. The van der Waals surface area contributed by atoms with Crippen LogP contribution < -0.4 is 16.4 Å². The summed E-state index contributed by atoms with van der Waals surface area (Å²) in [6, 6.07) is 4.31. The highest BCUT2D eigenvalue weighted by Crippen LogP contribution is 2.31. The third kappa shape index (κ3) is 3.00. The lowest BCUT2D eigenvalue weighted by Gasteiger charge is -2.24. The van der Waals surface area contributed by atoms with Crippen LogP contribution in [0, 0.1) is 5.92 Å². The third-order valence-electron chi connectivity index (χ3n) is 4.05. The predicted octanol–water partition coefficient (Wildman–Crippen LogP) is 3.00. The number of rotatable bonds is 4. The molecule has 1 aliphatic heterocycles. The van der Waals surface area contributed by atoms with Gasteiger partial charge >= 0.3 is 0 Å². The van der Waals surface area contributed by atoms with Crippen LogP contribution in [0.1, 0.15) is 39.2 Å². The zero-order chi connectivity index (χ0) is 14.0. The number of nitrogens with two attached hydrogens (primary N) is 1. The molecule has 0 fully saturated rings. The first-order chi connectivity index (χ1) is 9.01. The Morgan fingerprint density at radius 1 is 1.37 bits per heavy atom. The van der Waals surface area contributed by atoms with Crippen LogP contribution in [0.2, 0.25) is 0 Å². The fourth-order valence-electron chi connectivity index (χ4n) is 2.31. The first kappa shape index (κ1) is 13.7. The van der Waals surface area contributed by atoms with Crippen LogP contribution in [-0.4, -0.2) is 11.9 Å². The molecule has 1 aliphatic rings. The average molecular weight is 261 g/mol. The topological polar surface area (TPSA) is 67.2 Å². The fraction of sp³-hybridized carbons (Fsp3) is 0.533. The Hall–Kier alpha value is -1.71. The fourth-order valence-corrected chi connectivity index (χ4v) is 2.31. The number of hydrogen-bond donors (Lipinski definition) is 3. The molecule has 1 heterocycles. The maximum atomic E-state index is 11.4. The van der Waals surface area contributed by atoms with E-state index in [0.29, 0.717) is 24.1 Å². The van der Waals surface area contributed by atoms with Gasteiger partial charge in [-0.15, -0.1) is 0 Å². The van der Waals surface area contributed by atoms with Crippen molar-refractivity contribution in [3.8, 4) is 0 Å². The molecule has 0 aliphatic carbocycles. The van der Waals surface area contributed by atoms with E-state index in [2.05, 4.69) is 37.5 Å². The van der Waals surface area contributed by atoms with Crippen molar-refractivity contribution in [3.63, 3.8) is 0 Å². The Balaban J connectivity index is 2.21. The van der Waals surface area contributed by atoms with Gasteiger partial charge in [0.05, 0.1) is 11.4 Å². The summed E-state index contributed by atoms with van der Waals surface area (Å²) < 4.78 is 0. The number of hydrogen-bond acceptors (Lipinski definition) is 3. The summed E-state index contributed by atoms with van der Waals surface area (Å²) in [6.07, 6.45) is 2.47. The minimum atomic E-state index is 0.0700. The van der Waals surface area contributed by atoms with E-state index in [-0.39, 0.29) is 5.91 Å². The maximum Gasteiger partial charge on any atom is 0.224 e. The van der Waals surface area contributed by atoms with Crippen molar-refractivity contribution < 1.29 is 4.79 Å². The number of aryl methyl sites for hydroxylation is 1. The number of nitrogen functional groups attached to an aromatic ring is 1. The normalized spacial score (nSPS) is 17.3. The lowest BCUT2D eigenvalue weighted by atomic mass is 9.98. The van der Waals surface area contributed by atoms with E-state index < -0.39 is 0 Å². The van der Waals surface area contributed by atoms with Gasteiger partial charge in [-0.2, -0.15) is 0 Å². The monoisotopic (exact) mass is 261 g/mol. The van der Waals surface area contributed by atoms with Crippen molar-refractivity contribution in [3.05, 3.63) is 17.7 Å². The summed E-state index contributed by atoms with van der Waals surface area (Å²) in [6.45, 7) is 6.59. The molecule has 1 aromatic rings. The van der Waals surface area contributed by atoms with Gasteiger partial charge in [0.15, 0.2) is 0 Å². The quantitative estimate of drug-likeness (QED) is 0.730. The number of benzene rings is 1. The van der Waals surface area contributed by atoms with E-state index in [1.165, 1.54) is 0 Å². The second kappa shape index (κ2) is 5.51. The van der Waals surface area contributed by atoms with Crippen molar-refractivity contribution in [2.24, 2.45) is 5.92 Å². The minimum Gasteiger partial charge on any atom is -0.397 e. The highest BCUT2D eigenvalue weighted by molar-refractivity contribution is 5.95. The minimum absolute atomic E-state index is 0.0700. The molecule has 0 radical (unpaired) electrons. The van der Waals surface area contributed by atoms with Crippen molar-refractivity contribution in [2.45, 2.75) is 46.1 Å². The molecule has 0 aromatic heterocycles. The van der Waals surface area contributed by atoms with E-state index in [9.17, 15) is 4.79 Å². The number of fused-ring (bicyclic) bond motifs is 1. The number of carbonyl (C=O) groups excluding carboxylic acids is 1. The average Bonchev–Trinajstić information content (AvgIpc) is 2.38. The molecule has 0 saturated heterocycles. The molecule has 4 nitrogen and oxygen atoms in total. The molecule has 2 rings (SSSR count). The van der Waals surface area contributed by atoms with Crippen LogP contribution in [0.3, 0.4) is 0 Å². The van der Waals surface area contributed by atoms with Gasteiger partial charge in [0.1, 0.15) is 0 Å². The third-order valence-corrected chi connectivity index (χ3v) is 4.05. The second-order valence-corrected chi connectivity index (χ2v) is 5.46. The molecule has 0 bridgehead atoms. The van der Waals surface area contributed by atoms with Crippen molar-refractivity contribution in [1.82, 2.24) is 0 Å². The maximum absolute atomic E-state index is 11.4. The summed E-state index contributed by atoms with van der Waals surface area (Å²) in [5.41, 5.74) is 9.75. The number of carbonyl (C=O) groups is 1. The van der Waals surface area contributed by atoms with E-state index in [1.54, 1.807) is 0 Å². The highest BCUT2D eigenvalue weighted by Gasteiger charge is 2.18. The molecule has 4 heteroatoms. The van der Waals surface area contributed by atoms with Crippen LogP contribution in [0.4, 0.5) is 17.1 Å². The van der Waals surface area contributed by atoms with Gasteiger partial charge in [-0.3, -0.25) is 4.79 Å². The second-order valence-electron chi connectivity index (χ2n) is 5.46. The lowest BCUT2D eigenvalue weighted by molar-refractivity contribution is -0.116. The molecule has 104 valence electrons. The van der Waals surface area contributed by atoms with Gasteiger partial charge in [-0.05, 0) is 37.0 Å². The first-order valence-electron chi connectivity index (χ1n) is 7.00. The van der Waals surface area contributed by atoms with Crippen molar-refractivity contribution in [1.29, 1.82) is 0 Å². The van der Waals surface area contributed by atoms with Crippen LogP contribution in [0.5, 0.6) is 0 Å². The molecule has 2 unspecified atom stereocenters. The molecule has 1 aromatic carbocycles. The van der Waals surface area contributed by atoms with E-state index in [1.807, 2.05) is 6.07 Å². The van der Waals surface area contributed by atoms with E-state index >= 15 is 0 Å². The lowest BCUT2D eigenvalue weighted by Crippen LogP contribution is -2.24. The summed E-state index contributed by atoms with van der Waals surface area (Å²) >= 11 is 0.